The first-order chi connectivity index (χ1) is 29.7. The summed E-state index contributed by atoms with van der Waals surface area (Å²) in [6.07, 6.45) is 35.5. The molecule has 6 aromatic heterocycles. The van der Waals surface area contributed by atoms with Crippen molar-refractivity contribution in [2.45, 2.75) is 117 Å². The van der Waals surface area contributed by atoms with Crippen LogP contribution in [0, 0.1) is 0 Å². The van der Waals surface area contributed by atoms with Gasteiger partial charge in [-0.3, -0.25) is 19.9 Å². The number of ether oxygens (including phenoxy) is 2. The fourth-order valence-electron chi connectivity index (χ4n) is 6.55. The van der Waals surface area contributed by atoms with E-state index in [9.17, 15) is 0 Å². The standard InChI is InChI=1S/2C26H31N3O.Fe/c2*1-2-3-4-5-6-7-8-9-12-20-30-22-17-19-28-26(21-22)25-16-13-15-24(29-25)23-14-10-11-18-27-23;/h2*10-21H,2-9H2,1H3;. The summed E-state index contributed by atoms with van der Waals surface area (Å²) in [4.78, 5) is 27.1. The van der Waals surface area contributed by atoms with E-state index in [1.807, 2.05) is 97.1 Å². The van der Waals surface area contributed by atoms with E-state index in [0.717, 1.165) is 69.9 Å². The molecule has 320 valence electrons. The zero-order valence-corrected chi connectivity index (χ0v) is 37.1. The first kappa shape index (κ1) is 48.2. The van der Waals surface area contributed by atoms with Gasteiger partial charge in [0, 0.05) is 54.0 Å². The summed E-state index contributed by atoms with van der Waals surface area (Å²) in [5, 5.41) is 0. The van der Waals surface area contributed by atoms with Crippen LogP contribution in [-0.4, -0.2) is 29.9 Å². The van der Waals surface area contributed by atoms with E-state index in [-0.39, 0.29) is 17.1 Å². The third kappa shape index (κ3) is 18.3. The number of aromatic nitrogens is 6. The van der Waals surface area contributed by atoms with Crippen LogP contribution in [0.3, 0.4) is 0 Å². The molecule has 0 bridgehead atoms. The minimum Gasteiger partial charge on any atom is -0.465 e. The molecule has 0 radical (unpaired) electrons. The van der Waals surface area contributed by atoms with Crippen LogP contribution in [0.1, 0.15) is 117 Å². The van der Waals surface area contributed by atoms with Crippen LogP contribution >= 0.6 is 0 Å². The van der Waals surface area contributed by atoms with Crippen molar-refractivity contribution in [3.8, 4) is 57.1 Å². The predicted octanol–water partition coefficient (Wildman–Crippen LogP) is 14.5. The Morgan fingerprint density at radius 1 is 0.377 bits per heavy atom. The van der Waals surface area contributed by atoms with Crippen LogP contribution in [0.25, 0.3) is 45.6 Å². The fourth-order valence-corrected chi connectivity index (χ4v) is 6.55. The molecule has 6 heterocycles. The van der Waals surface area contributed by atoms with Gasteiger partial charge in [0.2, 0.25) is 0 Å². The van der Waals surface area contributed by atoms with Crippen LogP contribution in [0.2, 0.25) is 0 Å². The Kier molecular flexibility index (Phi) is 23.4. The van der Waals surface area contributed by atoms with Gasteiger partial charge in [-0.25, -0.2) is 9.97 Å². The molecule has 0 N–H and O–H groups in total. The Hall–Kier alpha value is -5.50. The number of rotatable bonds is 24. The number of hydrogen-bond acceptors (Lipinski definition) is 8. The number of unbranched alkanes of at least 4 members (excludes halogenated alkanes) is 14. The summed E-state index contributed by atoms with van der Waals surface area (Å²) < 4.78 is 11.6. The van der Waals surface area contributed by atoms with Crippen LogP contribution in [0.4, 0.5) is 0 Å². The largest absolute Gasteiger partial charge is 0.465 e. The topological polar surface area (TPSA) is 95.8 Å². The molecule has 0 spiro atoms. The molecule has 0 aliphatic rings. The van der Waals surface area contributed by atoms with Gasteiger partial charge < -0.3 is 9.47 Å². The van der Waals surface area contributed by atoms with E-state index in [4.69, 9.17) is 19.4 Å². The molecule has 0 aromatic carbocycles. The average molecular weight is 859 g/mol. The molecule has 0 fully saturated rings. The van der Waals surface area contributed by atoms with E-state index >= 15 is 0 Å². The molecule has 0 atom stereocenters. The summed E-state index contributed by atoms with van der Waals surface area (Å²) in [6.45, 7) is 4.51. The summed E-state index contributed by atoms with van der Waals surface area (Å²) in [5.74, 6) is 1.53. The van der Waals surface area contributed by atoms with Gasteiger partial charge in [0.25, 0.3) is 0 Å². The maximum Gasteiger partial charge on any atom is 0.130 e. The van der Waals surface area contributed by atoms with Gasteiger partial charge in [-0.1, -0.05) is 115 Å². The van der Waals surface area contributed by atoms with Gasteiger partial charge in [-0.05, 0) is 98.5 Å². The Morgan fingerprint density at radius 2 is 0.738 bits per heavy atom. The Balaban J connectivity index is 0.000000264. The summed E-state index contributed by atoms with van der Waals surface area (Å²) in [6, 6.07) is 31.0. The molecule has 8 nitrogen and oxygen atoms in total. The minimum absolute atomic E-state index is 0. The maximum atomic E-state index is 5.78. The number of pyridine rings is 6. The third-order valence-electron chi connectivity index (χ3n) is 9.89. The third-order valence-corrected chi connectivity index (χ3v) is 9.89. The fraction of sp³-hybridized carbons (Fsp3) is 0.346. The number of hydrogen-bond donors (Lipinski definition) is 0. The Bertz CT molecular complexity index is 1980. The van der Waals surface area contributed by atoms with Crippen molar-refractivity contribution in [3.63, 3.8) is 0 Å². The molecule has 0 amide bonds. The van der Waals surface area contributed by atoms with Gasteiger partial charge in [-0.15, -0.1) is 0 Å². The minimum atomic E-state index is 0. The van der Waals surface area contributed by atoms with Crippen molar-refractivity contribution in [2.75, 3.05) is 0 Å². The van der Waals surface area contributed by atoms with Gasteiger partial charge in [-0.2, -0.15) is 0 Å². The molecule has 0 unspecified atom stereocenters. The Morgan fingerprint density at radius 3 is 1.13 bits per heavy atom. The predicted molar refractivity (Wildman–Crippen MR) is 246 cm³/mol. The summed E-state index contributed by atoms with van der Waals surface area (Å²) in [5.41, 5.74) is 6.52. The molecule has 0 saturated carbocycles. The van der Waals surface area contributed by atoms with Gasteiger partial charge in [0.05, 0.1) is 58.1 Å². The zero-order valence-electron chi connectivity index (χ0n) is 36.0. The van der Waals surface area contributed by atoms with E-state index in [2.05, 4.69) is 45.9 Å². The van der Waals surface area contributed by atoms with E-state index < -0.39 is 0 Å². The van der Waals surface area contributed by atoms with E-state index in [1.165, 1.54) is 89.9 Å². The second-order valence-corrected chi connectivity index (χ2v) is 14.8. The van der Waals surface area contributed by atoms with Crippen LogP contribution in [0.5, 0.6) is 11.5 Å². The summed E-state index contributed by atoms with van der Waals surface area (Å²) >= 11 is 0. The van der Waals surface area contributed by atoms with Crippen molar-refractivity contribution >= 4 is 0 Å². The van der Waals surface area contributed by atoms with Crippen molar-refractivity contribution in [3.05, 3.63) is 147 Å². The second-order valence-electron chi connectivity index (χ2n) is 14.8. The van der Waals surface area contributed by atoms with Gasteiger partial charge in [0.15, 0.2) is 0 Å². The van der Waals surface area contributed by atoms with Crippen molar-refractivity contribution in [2.24, 2.45) is 0 Å². The monoisotopic (exact) mass is 858 g/mol. The molecule has 61 heavy (non-hydrogen) atoms. The maximum absolute atomic E-state index is 5.78. The zero-order chi connectivity index (χ0) is 41.7. The van der Waals surface area contributed by atoms with Crippen LogP contribution in [-0.2, 0) is 17.1 Å². The van der Waals surface area contributed by atoms with Crippen LogP contribution < -0.4 is 9.47 Å². The first-order valence-corrected chi connectivity index (χ1v) is 22.1. The van der Waals surface area contributed by atoms with Crippen molar-refractivity contribution in [1.82, 2.24) is 29.9 Å². The molecule has 0 aliphatic heterocycles. The van der Waals surface area contributed by atoms with Gasteiger partial charge in [0.1, 0.15) is 11.5 Å². The molecule has 0 saturated heterocycles. The molecule has 0 aliphatic carbocycles. The summed E-state index contributed by atoms with van der Waals surface area (Å²) in [7, 11) is 0. The van der Waals surface area contributed by atoms with E-state index in [1.54, 1.807) is 37.3 Å². The van der Waals surface area contributed by atoms with Crippen molar-refractivity contribution < 1.29 is 26.5 Å². The smallest absolute Gasteiger partial charge is 0.130 e. The number of allylic oxidation sites excluding steroid dienone is 2. The molecular formula is C52H62FeN6O2. The molecule has 9 heteroatoms. The van der Waals surface area contributed by atoms with E-state index in [0.29, 0.717) is 0 Å². The second kappa shape index (κ2) is 29.7. The molecule has 6 aromatic rings. The quantitative estimate of drug-likeness (QED) is 0.0337. The van der Waals surface area contributed by atoms with Crippen LogP contribution in [0.15, 0.2) is 147 Å². The SMILES string of the molecule is CCCCCCCCCC=COc1ccnc(-c2cccc(-c3ccccn3)n2)c1.CCCCCCCCCC=COc1ccnc(-c2cccc(-c3ccccn3)n2)c1.[Fe]. The van der Waals surface area contributed by atoms with Crippen molar-refractivity contribution in [1.29, 1.82) is 0 Å². The number of nitrogens with zero attached hydrogens (tertiary/aromatic N) is 6. The van der Waals surface area contributed by atoms with Gasteiger partial charge >= 0.3 is 0 Å². The first-order valence-electron chi connectivity index (χ1n) is 22.1. The molecular weight excluding hydrogens is 796 g/mol. The normalized spacial score (nSPS) is 10.9. The average Bonchev–Trinajstić information content (AvgIpc) is 3.31. The molecule has 6 rings (SSSR count). The Labute approximate surface area is 375 Å².